The van der Waals surface area contributed by atoms with Gasteiger partial charge in [0.2, 0.25) is 5.88 Å². The molecule has 3 aromatic heterocycles. The van der Waals surface area contributed by atoms with Crippen LogP contribution in [0.15, 0.2) is 35.4 Å². The Bertz CT molecular complexity index is 1530. The molecule has 37 heavy (non-hydrogen) atoms. The molecular formula is C25H27Cl2N5O5. The molecule has 4 aromatic rings. The van der Waals surface area contributed by atoms with Crippen molar-refractivity contribution in [3.05, 3.63) is 63.5 Å². The van der Waals surface area contributed by atoms with E-state index in [2.05, 4.69) is 15.0 Å². The van der Waals surface area contributed by atoms with Crippen LogP contribution >= 0.6 is 24.8 Å². The minimum absolute atomic E-state index is 0. The van der Waals surface area contributed by atoms with Gasteiger partial charge in [-0.05, 0) is 36.1 Å². The summed E-state index contributed by atoms with van der Waals surface area (Å²) in [6.07, 6.45) is 4.83. The molecule has 1 aromatic carbocycles. The van der Waals surface area contributed by atoms with E-state index in [4.69, 9.17) is 14.2 Å². The summed E-state index contributed by atoms with van der Waals surface area (Å²) in [5, 5.41) is 0. The summed E-state index contributed by atoms with van der Waals surface area (Å²) in [6, 6.07) is 5.52. The zero-order valence-electron chi connectivity index (χ0n) is 20.4. The molecule has 10 nitrogen and oxygen atoms in total. The minimum Gasteiger partial charge on any atom is -0.481 e. The number of ether oxygens (including phenoxy) is 3. The number of rotatable bonds is 5. The third-order valence-corrected chi connectivity index (χ3v) is 6.85. The Morgan fingerprint density at radius 2 is 2.00 bits per heavy atom. The zero-order valence-corrected chi connectivity index (χ0v) is 22.0. The lowest BCUT2D eigenvalue weighted by Crippen LogP contribution is -2.30. The molecule has 12 heteroatoms. The predicted octanol–water partition coefficient (Wildman–Crippen LogP) is 3.28. The average Bonchev–Trinajstić information content (AvgIpc) is 3.63. The van der Waals surface area contributed by atoms with Crippen LogP contribution < -0.4 is 15.2 Å². The first-order valence-electron chi connectivity index (χ1n) is 11.6. The standard InChI is InChI=1S/C25H25N5O5.2ClH/c1-33-12-16-7-19-18(28-24(31)21-11-27-23(30(19)21)15-4-6-35-13-15)9-17(16)25(32)29-5-3-14-8-22(34-2)26-10-20(14)29;;/h7-11,15H,3-6,12-13H2,1-2H3,(H,28,31);2*1H. The van der Waals surface area contributed by atoms with E-state index in [9.17, 15) is 9.59 Å². The summed E-state index contributed by atoms with van der Waals surface area (Å²) >= 11 is 0. The van der Waals surface area contributed by atoms with Crippen LogP contribution in [0.4, 0.5) is 5.69 Å². The number of hydrogen-bond acceptors (Lipinski definition) is 7. The Kier molecular flexibility index (Phi) is 7.75. The van der Waals surface area contributed by atoms with Crippen molar-refractivity contribution in [1.29, 1.82) is 0 Å². The fourth-order valence-corrected chi connectivity index (χ4v) is 5.11. The molecule has 6 rings (SSSR count). The predicted molar refractivity (Wildman–Crippen MR) is 143 cm³/mol. The number of H-pyrrole nitrogens is 1. The first kappa shape index (κ1) is 26.9. The van der Waals surface area contributed by atoms with Gasteiger partial charge in [-0.1, -0.05) is 0 Å². The summed E-state index contributed by atoms with van der Waals surface area (Å²) in [5.74, 6) is 1.26. The molecule has 0 bridgehead atoms. The van der Waals surface area contributed by atoms with Crippen LogP contribution in [0, 0.1) is 0 Å². The highest BCUT2D eigenvalue weighted by molar-refractivity contribution is 6.09. The van der Waals surface area contributed by atoms with Crippen molar-refractivity contribution in [1.82, 2.24) is 19.4 Å². The van der Waals surface area contributed by atoms with Gasteiger partial charge in [0.05, 0.1) is 49.4 Å². The zero-order chi connectivity index (χ0) is 24.1. The van der Waals surface area contributed by atoms with Crippen molar-refractivity contribution in [2.45, 2.75) is 25.4 Å². The molecule has 1 fully saturated rings. The molecule has 2 aliphatic rings. The van der Waals surface area contributed by atoms with E-state index < -0.39 is 0 Å². The number of pyridine rings is 1. The van der Waals surface area contributed by atoms with Crippen molar-refractivity contribution in [2.75, 3.05) is 38.9 Å². The van der Waals surface area contributed by atoms with Crippen LogP contribution in [-0.4, -0.2) is 59.2 Å². The number of nitrogens with one attached hydrogen (secondary N) is 1. The first-order valence-corrected chi connectivity index (χ1v) is 11.6. The fourth-order valence-electron chi connectivity index (χ4n) is 5.11. The number of imidazole rings is 1. The SMILES string of the molecule is COCc1cc2c(cc1C(=O)N1CCc3cc(OC)ncc31)[nH]c(=O)c1cnc(C3CCOC3)n12.Cl.Cl. The minimum atomic E-state index is -0.254. The van der Waals surface area contributed by atoms with E-state index in [1.807, 2.05) is 16.5 Å². The second-order valence-electron chi connectivity index (χ2n) is 8.87. The molecule has 0 aliphatic carbocycles. The number of fused-ring (bicyclic) bond motifs is 4. The summed E-state index contributed by atoms with van der Waals surface area (Å²) in [5.41, 5.74) is 4.54. The van der Waals surface area contributed by atoms with Gasteiger partial charge in [0.25, 0.3) is 11.5 Å². The number of hydrogen-bond donors (Lipinski definition) is 1. The van der Waals surface area contributed by atoms with Crippen LogP contribution in [0.1, 0.15) is 39.6 Å². The average molecular weight is 548 g/mol. The molecule has 0 spiro atoms. The maximum atomic E-state index is 13.8. The number of methoxy groups -OCH3 is 2. The van der Waals surface area contributed by atoms with Gasteiger partial charge < -0.3 is 24.1 Å². The number of carbonyl (C=O) groups is 1. The van der Waals surface area contributed by atoms with E-state index in [-0.39, 0.29) is 48.8 Å². The first-order chi connectivity index (χ1) is 17.1. The Morgan fingerprint density at radius 1 is 1.16 bits per heavy atom. The summed E-state index contributed by atoms with van der Waals surface area (Å²) in [6.45, 7) is 2.03. The summed E-state index contributed by atoms with van der Waals surface area (Å²) < 4.78 is 18.1. The van der Waals surface area contributed by atoms with Crippen molar-refractivity contribution in [3.8, 4) is 5.88 Å². The molecule has 1 N–H and O–H groups in total. The molecule has 2 aliphatic heterocycles. The number of amides is 1. The van der Waals surface area contributed by atoms with Crippen LogP contribution in [0.25, 0.3) is 16.6 Å². The summed E-state index contributed by atoms with van der Waals surface area (Å²) in [7, 11) is 3.17. The van der Waals surface area contributed by atoms with Gasteiger partial charge in [-0.3, -0.25) is 14.0 Å². The van der Waals surface area contributed by atoms with Crippen molar-refractivity contribution >= 4 is 53.0 Å². The Morgan fingerprint density at radius 3 is 2.73 bits per heavy atom. The van der Waals surface area contributed by atoms with Crippen LogP contribution in [0.3, 0.4) is 0 Å². The molecule has 0 saturated carbocycles. The maximum absolute atomic E-state index is 13.8. The Hall–Kier alpha value is -3.18. The highest BCUT2D eigenvalue weighted by Crippen LogP contribution is 2.33. The normalized spacial score (nSPS) is 16.5. The van der Waals surface area contributed by atoms with Gasteiger partial charge in [-0.2, -0.15) is 0 Å². The van der Waals surface area contributed by atoms with E-state index in [0.717, 1.165) is 34.6 Å². The number of carbonyl (C=O) groups excluding carboxylic acids is 1. The molecule has 0 radical (unpaired) electrons. The second-order valence-corrected chi connectivity index (χ2v) is 8.87. The van der Waals surface area contributed by atoms with Gasteiger partial charge >= 0.3 is 0 Å². The molecular weight excluding hydrogens is 521 g/mol. The smallest absolute Gasteiger partial charge is 0.274 e. The van der Waals surface area contributed by atoms with Crippen molar-refractivity contribution in [3.63, 3.8) is 0 Å². The number of nitrogens with zero attached hydrogens (tertiary/aromatic N) is 4. The molecule has 1 atom stereocenters. The largest absolute Gasteiger partial charge is 0.481 e. The highest BCUT2D eigenvalue weighted by Gasteiger charge is 2.29. The van der Waals surface area contributed by atoms with Gasteiger partial charge in [-0.25, -0.2) is 9.97 Å². The number of anilines is 1. The lowest BCUT2D eigenvalue weighted by molar-refractivity contribution is 0.0984. The van der Waals surface area contributed by atoms with Gasteiger partial charge in [0.15, 0.2) is 0 Å². The number of benzene rings is 1. The van der Waals surface area contributed by atoms with Crippen LogP contribution in [-0.2, 0) is 22.5 Å². The second kappa shape index (κ2) is 10.7. The van der Waals surface area contributed by atoms with Crippen molar-refractivity contribution in [2.24, 2.45) is 0 Å². The topological polar surface area (TPSA) is 111 Å². The fraction of sp³-hybridized carbons (Fsp3) is 0.360. The Balaban J connectivity index is 0.00000160. The third kappa shape index (κ3) is 4.44. The van der Waals surface area contributed by atoms with E-state index >= 15 is 0 Å². The lowest BCUT2D eigenvalue weighted by Gasteiger charge is -2.20. The quantitative estimate of drug-likeness (QED) is 0.408. The number of aromatic amines is 1. The molecule has 1 amide bonds. The Labute approximate surface area is 224 Å². The van der Waals surface area contributed by atoms with E-state index in [1.54, 1.807) is 37.6 Å². The molecule has 1 saturated heterocycles. The van der Waals surface area contributed by atoms with Crippen LogP contribution in [0.2, 0.25) is 0 Å². The van der Waals surface area contributed by atoms with E-state index in [1.165, 1.54) is 0 Å². The van der Waals surface area contributed by atoms with E-state index in [0.29, 0.717) is 48.7 Å². The maximum Gasteiger partial charge on any atom is 0.274 e. The lowest BCUT2D eigenvalue weighted by atomic mass is 10.0. The van der Waals surface area contributed by atoms with Crippen LogP contribution in [0.5, 0.6) is 5.88 Å². The summed E-state index contributed by atoms with van der Waals surface area (Å²) in [4.78, 5) is 40.2. The molecule has 196 valence electrons. The van der Waals surface area contributed by atoms with Gasteiger partial charge in [0, 0.05) is 37.8 Å². The van der Waals surface area contributed by atoms with Gasteiger partial charge in [0.1, 0.15) is 11.3 Å². The molecule has 1 unspecified atom stereocenters. The monoisotopic (exact) mass is 547 g/mol. The van der Waals surface area contributed by atoms with Crippen molar-refractivity contribution < 1.29 is 19.0 Å². The highest BCUT2D eigenvalue weighted by atomic mass is 35.5. The third-order valence-electron chi connectivity index (χ3n) is 6.85. The van der Waals surface area contributed by atoms with Gasteiger partial charge in [-0.15, -0.1) is 24.8 Å². The number of halogens is 2. The number of aromatic nitrogens is 4. The molecule has 5 heterocycles.